The molecule has 1 amide bonds. The lowest BCUT2D eigenvalue weighted by atomic mass is 10.1. The van der Waals surface area contributed by atoms with Crippen LogP contribution < -0.4 is 11.1 Å². The topological polar surface area (TPSA) is 68.0 Å². The van der Waals surface area contributed by atoms with E-state index in [1.54, 1.807) is 12.1 Å². The Morgan fingerprint density at radius 2 is 2.12 bits per heavy atom. The van der Waals surface area contributed by atoms with Gasteiger partial charge in [-0.15, -0.1) is 0 Å². The molecule has 3 N–H and O–H groups in total. The van der Waals surface area contributed by atoms with Crippen LogP contribution in [0.15, 0.2) is 18.3 Å². The van der Waals surface area contributed by atoms with Crippen LogP contribution in [0.5, 0.6) is 0 Å². The summed E-state index contributed by atoms with van der Waals surface area (Å²) in [6.45, 7) is 6.48. The van der Waals surface area contributed by atoms with Crippen molar-refractivity contribution in [3.63, 3.8) is 0 Å². The van der Waals surface area contributed by atoms with Gasteiger partial charge in [0.2, 0.25) is 5.91 Å². The summed E-state index contributed by atoms with van der Waals surface area (Å²) in [5, 5.41) is 3.28. The van der Waals surface area contributed by atoms with Crippen LogP contribution in [-0.2, 0) is 0 Å². The highest BCUT2D eigenvalue weighted by molar-refractivity contribution is 5.92. The average Bonchev–Trinajstić information content (AvgIpc) is 2.16. The van der Waals surface area contributed by atoms with Gasteiger partial charge in [-0.25, -0.2) is 4.98 Å². The second-order valence-electron chi connectivity index (χ2n) is 4.47. The van der Waals surface area contributed by atoms with E-state index >= 15 is 0 Å². The van der Waals surface area contributed by atoms with Gasteiger partial charge in [0.1, 0.15) is 5.82 Å². The number of amides is 1. The molecule has 1 unspecified atom stereocenters. The zero-order valence-electron chi connectivity index (χ0n) is 10.0. The van der Waals surface area contributed by atoms with Crippen molar-refractivity contribution in [2.75, 3.05) is 5.32 Å². The maximum atomic E-state index is 10.8. The van der Waals surface area contributed by atoms with Gasteiger partial charge in [-0.2, -0.15) is 0 Å². The van der Waals surface area contributed by atoms with E-state index in [1.807, 2.05) is 0 Å². The summed E-state index contributed by atoms with van der Waals surface area (Å²) in [6, 6.07) is 3.82. The molecular weight excluding hydrogens is 202 g/mol. The van der Waals surface area contributed by atoms with Gasteiger partial charge in [0, 0.05) is 12.2 Å². The second kappa shape index (κ2) is 5.49. The van der Waals surface area contributed by atoms with E-state index in [4.69, 9.17) is 5.73 Å². The minimum Gasteiger partial charge on any atom is -0.368 e. The smallest absolute Gasteiger partial charge is 0.250 e. The number of carbonyl (C=O) groups excluding carboxylic acids is 1. The number of hydrogen-bond acceptors (Lipinski definition) is 3. The van der Waals surface area contributed by atoms with Crippen molar-refractivity contribution in [3.8, 4) is 0 Å². The number of nitrogens with zero attached hydrogens (tertiary/aromatic N) is 1. The summed E-state index contributed by atoms with van der Waals surface area (Å²) in [5.74, 6) is 0.972. The molecule has 0 fully saturated rings. The molecule has 1 rings (SSSR count). The number of anilines is 1. The van der Waals surface area contributed by atoms with E-state index in [9.17, 15) is 4.79 Å². The van der Waals surface area contributed by atoms with Crippen molar-refractivity contribution in [2.45, 2.75) is 33.2 Å². The fourth-order valence-corrected chi connectivity index (χ4v) is 1.64. The summed E-state index contributed by atoms with van der Waals surface area (Å²) >= 11 is 0. The standard InChI is InChI=1S/C12H19N3O/c1-8(2)6-9(3)15-11-5-4-10(7-14-11)12(13)16/h4-5,7-9H,6H2,1-3H3,(H2,13,16)(H,14,15). The molecule has 16 heavy (non-hydrogen) atoms. The highest BCUT2D eigenvalue weighted by Crippen LogP contribution is 2.11. The zero-order valence-corrected chi connectivity index (χ0v) is 10.0. The first-order valence-corrected chi connectivity index (χ1v) is 5.51. The monoisotopic (exact) mass is 221 g/mol. The number of aromatic nitrogens is 1. The molecule has 0 aromatic carbocycles. The summed E-state index contributed by atoms with van der Waals surface area (Å²) in [7, 11) is 0. The minimum absolute atomic E-state index is 0.368. The molecule has 0 saturated heterocycles. The molecule has 0 aliphatic carbocycles. The molecule has 0 bridgehead atoms. The van der Waals surface area contributed by atoms with Gasteiger partial charge in [-0.05, 0) is 31.4 Å². The molecule has 0 spiro atoms. The van der Waals surface area contributed by atoms with E-state index in [2.05, 4.69) is 31.1 Å². The third-order valence-electron chi connectivity index (χ3n) is 2.27. The maximum absolute atomic E-state index is 10.8. The summed E-state index contributed by atoms with van der Waals surface area (Å²) in [6.07, 6.45) is 2.58. The van der Waals surface area contributed by atoms with Crippen LogP contribution in [0.3, 0.4) is 0 Å². The summed E-state index contributed by atoms with van der Waals surface area (Å²) in [4.78, 5) is 15.0. The van der Waals surface area contributed by atoms with Crippen molar-refractivity contribution in [1.82, 2.24) is 4.98 Å². The molecule has 0 aliphatic rings. The summed E-state index contributed by atoms with van der Waals surface area (Å²) < 4.78 is 0. The number of hydrogen-bond donors (Lipinski definition) is 2. The Labute approximate surface area is 96.3 Å². The third kappa shape index (κ3) is 3.88. The van der Waals surface area contributed by atoms with Gasteiger partial charge in [0.25, 0.3) is 0 Å². The third-order valence-corrected chi connectivity index (χ3v) is 2.27. The van der Waals surface area contributed by atoms with Crippen LogP contribution in [0.25, 0.3) is 0 Å². The van der Waals surface area contributed by atoms with Crippen LogP contribution in [0.4, 0.5) is 5.82 Å². The Balaban J connectivity index is 2.58. The van der Waals surface area contributed by atoms with Gasteiger partial charge in [-0.3, -0.25) is 4.79 Å². The molecule has 4 nitrogen and oxygen atoms in total. The fraction of sp³-hybridized carbons (Fsp3) is 0.500. The van der Waals surface area contributed by atoms with Gasteiger partial charge in [0.05, 0.1) is 5.56 Å². The lowest BCUT2D eigenvalue weighted by molar-refractivity contribution is 0.1000. The number of rotatable bonds is 5. The van der Waals surface area contributed by atoms with Crippen LogP contribution in [0, 0.1) is 5.92 Å². The molecule has 88 valence electrons. The lowest BCUT2D eigenvalue weighted by Crippen LogP contribution is -2.18. The van der Waals surface area contributed by atoms with Gasteiger partial charge < -0.3 is 11.1 Å². The largest absolute Gasteiger partial charge is 0.368 e. The first-order chi connectivity index (χ1) is 7.49. The lowest BCUT2D eigenvalue weighted by Gasteiger charge is -2.16. The fourth-order valence-electron chi connectivity index (χ4n) is 1.64. The van der Waals surface area contributed by atoms with Gasteiger partial charge in [-0.1, -0.05) is 13.8 Å². The predicted octanol–water partition coefficient (Wildman–Crippen LogP) is 2.03. The first kappa shape index (κ1) is 12.5. The number of primary amides is 1. The molecule has 1 aromatic rings. The van der Waals surface area contributed by atoms with E-state index in [0.29, 0.717) is 17.5 Å². The zero-order chi connectivity index (χ0) is 12.1. The normalized spacial score (nSPS) is 12.5. The highest BCUT2D eigenvalue weighted by atomic mass is 16.1. The average molecular weight is 221 g/mol. The number of nitrogens with one attached hydrogen (secondary N) is 1. The second-order valence-corrected chi connectivity index (χ2v) is 4.47. The Kier molecular flexibility index (Phi) is 4.28. The van der Waals surface area contributed by atoms with Crippen LogP contribution in [0.1, 0.15) is 37.6 Å². The molecular formula is C12H19N3O. The molecule has 0 saturated carbocycles. The Morgan fingerprint density at radius 3 is 2.56 bits per heavy atom. The molecule has 1 atom stereocenters. The van der Waals surface area contributed by atoms with E-state index in [1.165, 1.54) is 6.20 Å². The highest BCUT2D eigenvalue weighted by Gasteiger charge is 2.06. The van der Waals surface area contributed by atoms with Gasteiger partial charge >= 0.3 is 0 Å². The first-order valence-electron chi connectivity index (χ1n) is 5.51. The van der Waals surface area contributed by atoms with Crippen LogP contribution in [0.2, 0.25) is 0 Å². The molecule has 4 heteroatoms. The van der Waals surface area contributed by atoms with Gasteiger partial charge in [0.15, 0.2) is 0 Å². The predicted molar refractivity (Wildman–Crippen MR) is 65.3 cm³/mol. The number of nitrogens with two attached hydrogens (primary N) is 1. The Hall–Kier alpha value is -1.58. The maximum Gasteiger partial charge on any atom is 0.250 e. The molecule has 0 radical (unpaired) electrons. The number of carbonyl (C=O) groups is 1. The summed E-state index contributed by atoms with van der Waals surface area (Å²) in [5.41, 5.74) is 5.56. The van der Waals surface area contributed by atoms with Crippen molar-refractivity contribution >= 4 is 11.7 Å². The Morgan fingerprint density at radius 1 is 1.44 bits per heavy atom. The van der Waals surface area contributed by atoms with Crippen molar-refractivity contribution in [1.29, 1.82) is 0 Å². The Bertz CT molecular complexity index is 346. The van der Waals surface area contributed by atoms with Crippen LogP contribution >= 0.6 is 0 Å². The quantitative estimate of drug-likeness (QED) is 0.799. The SMILES string of the molecule is CC(C)CC(C)Nc1ccc(C(N)=O)cn1. The van der Waals surface area contributed by atoms with E-state index in [0.717, 1.165) is 12.2 Å². The molecule has 0 aliphatic heterocycles. The molecule has 1 aromatic heterocycles. The molecule has 1 heterocycles. The van der Waals surface area contributed by atoms with Crippen molar-refractivity contribution in [2.24, 2.45) is 11.7 Å². The van der Waals surface area contributed by atoms with Crippen LogP contribution in [-0.4, -0.2) is 16.9 Å². The van der Waals surface area contributed by atoms with E-state index in [-0.39, 0.29) is 0 Å². The minimum atomic E-state index is -0.450. The van der Waals surface area contributed by atoms with E-state index < -0.39 is 5.91 Å². The van der Waals surface area contributed by atoms with Crippen molar-refractivity contribution in [3.05, 3.63) is 23.9 Å². The number of pyridine rings is 1. The van der Waals surface area contributed by atoms with Crippen molar-refractivity contribution < 1.29 is 4.79 Å².